The van der Waals surface area contributed by atoms with Crippen LogP contribution in [0.4, 0.5) is 0 Å². The zero-order valence-electron chi connectivity index (χ0n) is 15.9. The maximum absolute atomic E-state index is 6.09. The minimum atomic E-state index is 0.276. The predicted octanol–water partition coefficient (Wildman–Crippen LogP) is 4.89. The van der Waals surface area contributed by atoms with Crippen molar-refractivity contribution in [3.05, 3.63) is 59.2 Å². The maximum Gasteiger partial charge on any atom is 0.126 e. The van der Waals surface area contributed by atoms with E-state index in [2.05, 4.69) is 44.2 Å². The minimum Gasteiger partial charge on any atom is -0.494 e. The van der Waals surface area contributed by atoms with Gasteiger partial charge in [0.2, 0.25) is 0 Å². The fraction of sp³-hybridized carbons (Fsp3) is 0.455. The molecule has 2 N–H and O–H groups in total. The first-order valence-electron chi connectivity index (χ1n) is 9.27. The summed E-state index contributed by atoms with van der Waals surface area (Å²) in [5, 5.41) is 0. The molecule has 1 unspecified atom stereocenters. The van der Waals surface area contributed by atoms with Crippen molar-refractivity contribution in [3.63, 3.8) is 0 Å². The maximum atomic E-state index is 6.09. The molecule has 0 aliphatic carbocycles. The largest absolute Gasteiger partial charge is 0.494 e. The van der Waals surface area contributed by atoms with Crippen LogP contribution in [0.25, 0.3) is 0 Å². The normalized spacial score (nSPS) is 12.2. The van der Waals surface area contributed by atoms with Gasteiger partial charge in [0.25, 0.3) is 0 Å². The van der Waals surface area contributed by atoms with Gasteiger partial charge in [-0.3, -0.25) is 0 Å². The van der Waals surface area contributed by atoms with Crippen LogP contribution in [0.3, 0.4) is 0 Å². The second-order valence-corrected chi connectivity index (χ2v) is 6.59. The van der Waals surface area contributed by atoms with Gasteiger partial charge in [-0.25, -0.2) is 0 Å². The van der Waals surface area contributed by atoms with Gasteiger partial charge in [0.05, 0.1) is 13.2 Å². The summed E-state index contributed by atoms with van der Waals surface area (Å²) < 4.78 is 11.4. The van der Waals surface area contributed by atoms with Crippen LogP contribution >= 0.6 is 0 Å². The van der Waals surface area contributed by atoms with Gasteiger partial charge in [-0.1, -0.05) is 44.2 Å². The van der Waals surface area contributed by atoms with Crippen LogP contribution in [0.15, 0.2) is 42.5 Å². The van der Waals surface area contributed by atoms with Crippen molar-refractivity contribution < 1.29 is 9.47 Å². The summed E-state index contributed by atoms with van der Waals surface area (Å²) >= 11 is 0. The van der Waals surface area contributed by atoms with Crippen LogP contribution in [-0.4, -0.2) is 19.8 Å². The topological polar surface area (TPSA) is 44.5 Å². The monoisotopic (exact) mass is 341 g/mol. The number of hydrogen-bond acceptors (Lipinski definition) is 3. The first-order chi connectivity index (χ1) is 12.1. The molecule has 25 heavy (non-hydrogen) atoms. The Morgan fingerprint density at radius 3 is 2.08 bits per heavy atom. The predicted molar refractivity (Wildman–Crippen MR) is 105 cm³/mol. The summed E-state index contributed by atoms with van der Waals surface area (Å²) in [6, 6.07) is 14.9. The van der Waals surface area contributed by atoms with E-state index < -0.39 is 0 Å². The van der Waals surface area contributed by atoms with E-state index in [1.54, 1.807) is 0 Å². The highest BCUT2D eigenvalue weighted by Crippen LogP contribution is 2.30. The van der Waals surface area contributed by atoms with Gasteiger partial charge in [-0.05, 0) is 55.5 Å². The SMILES string of the molecule is CCOc1ccc(CC(CN)c2ccc(C(C)C)cc2)c(OCC)c1. The first-order valence-corrected chi connectivity index (χ1v) is 9.27. The molecule has 0 saturated carbocycles. The van der Waals surface area contributed by atoms with Crippen molar-refractivity contribution >= 4 is 0 Å². The molecule has 2 rings (SSSR count). The summed E-state index contributed by atoms with van der Waals surface area (Å²) in [6.45, 7) is 10.3. The van der Waals surface area contributed by atoms with E-state index in [0.29, 0.717) is 25.7 Å². The lowest BCUT2D eigenvalue weighted by atomic mass is 9.90. The van der Waals surface area contributed by atoms with E-state index in [9.17, 15) is 0 Å². The Bertz CT molecular complexity index is 650. The summed E-state index contributed by atoms with van der Waals surface area (Å²) in [4.78, 5) is 0. The molecule has 0 amide bonds. The fourth-order valence-electron chi connectivity index (χ4n) is 3.01. The highest BCUT2D eigenvalue weighted by Gasteiger charge is 2.15. The summed E-state index contributed by atoms with van der Waals surface area (Å²) in [6.07, 6.45) is 0.860. The number of rotatable bonds is 9. The summed E-state index contributed by atoms with van der Waals surface area (Å²) in [5.41, 5.74) is 9.90. The van der Waals surface area contributed by atoms with E-state index in [1.165, 1.54) is 16.7 Å². The molecule has 136 valence electrons. The first kappa shape index (κ1) is 19.3. The average molecular weight is 341 g/mol. The van der Waals surface area contributed by atoms with Gasteiger partial charge in [0, 0.05) is 12.0 Å². The van der Waals surface area contributed by atoms with Crippen molar-refractivity contribution in [1.82, 2.24) is 0 Å². The molecule has 3 nitrogen and oxygen atoms in total. The smallest absolute Gasteiger partial charge is 0.126 e. The Hall–Kier alpha value is -2.00. The Kier molecular flexibility index (Phi) is 7.32. The Labute approximate surface area is 152 Å². The third-order valence-corrected chi connectivity index (χ3v) is 4.47. The fourth-order valence-corrected chi connectivity index (χ4v) is 3.01. The summed E-state index contributed by atoms with van der Waals surface area (Å²) in [5.74, 6) is 2.56. The second kappa shape index (κ2) is 9.47. The molecule has 0 aliphatic heterocycles. The van der Waals surface area contributed by atoms with Crippen LogP contribution in [-0.2, 0) is 6.42 Å². The van der Waals surface area contributed by atoms with Crippen molar-refractivity contribution in [2.75, 3.05) is 19.8 Å². The standard InChI is InChI=1S/C22H31NO2/c1-5-24-21-12-11-19(22(14-21)25-6-2)13-20(15-23)18-9-7-17(8-10-18)16(3)4/h7-12,14,16,20H,5-6,13,15,23H2,1-4H3. The Balaban J connectivity index is 2.22. The molecular weight excluding hydrogens is 310 g/mol. The minimum absolute atomic E-state index is 0.276. The zero-order chi connectivity index (χ0) is 18.2. The number of nitrogens with two attached hydrogens (primary N) is 1. The third-order valence-electron chi connectivity index (χ3n) is 4.47. The molecule has 0 spiro atoms. The van der Waals surface area contributed by atoms with Crippen molar-refractivity contribution in [2.45, 2.75) is 46.0 Å². The molecule has 0 aromatic heterocycles. The molecule has 0 fully saturated rings. The second-order valence-electron chi connectivity index (χ2n) is 6.59. The molecule has 0 aliphatic rings. The summed E-state index contributed by atoms with van der Waals surface area (Å²) in [7, 11) is 0. The van der Waals surface area contributed by atoms with E-state index in [4.69, 9.17) is 15.2 Å². The Morgan fingerprint density at radius 2 is 1.52 bits per heavy atom. The molecular formula is C22H31NO2. The lowest BCUT2D eigenvalue weighted by Crippen LogP contribution is -2.15. The molecule has 1 atom stereocenters. The van der Waals surface area contributed by atoms with Gasteiger partial charge in [0.1, 0.15) is 11.5 Å². The molecule has 0 radical (unpaired) electrons. The molecule has 0 saturated heterocycles. The van der Waals surface area contributed by atoms with Gasteiger partial charge in [-0.15, -0.1) is 0 Å². The number of benzene rings is 2. The van der Waals surface area contributed by atoms with Crippen molar-refractivity contribution in [1.29, 1.82) is 0 Å². The van der Waals surface area contributed by atoms with Gasteiger partial charge in [-0.2, -0.15) is 0 Å². The molecule has 2 aromatic carbocycles. The number of ether oxygens (including phenoxy) is 2. The van der Waals surface area contributed by atoms with Gasteiger partial charge >= 0.3 is 0 Å². The van der Waals surface area contributed by atoms with Gasteiger partial charge in [0.15, 0.2) is 0 Å². The highest BCUT2D eigenvalue weighted by atomic mass is 16.5. The lowest BCUT2D eigenvalue weighted by molar-refractivity contribution is 0.320. The van der Waals surface area contributed by atoms with Gasteiger partial charge < -0.3 is 15.2 Å². The van der Waals surface area contributed by atoms with Crippen LogP contribution in [0, 0.1) is 0 Å². The Morgan fingerprint density at radius 1 is 0.880 bits per heavy atom. The number of hydrogen-bond donors (Lipinski definition) is 1. The van der Waals surface area contributed by atoms with E-state index >= 15 is 0 Å². The van der Waals surface area contributed by atoms with Crippen molar-refractivity contribution in [3.8, 4) is 11.5 Å². The average Bonchev–Trinajstić information content (AvgIpc) is 2.62. The van der Waals surface area contributed by atoms with Crippen LogP contribution in [0.1, 0.15) is 56.2 Å². The molecule has 0 bridgehead atoms. The van der Waals surface area contributed by atoms with E-state index in [1.807, 2.05) is 26.0 Å². The highest BCUT2D eigenvalue weighted by molar-refractivity contribution is 5.42. The van der Waals surface area contributed by atoms with E-state index in [-0.39, 0.29) is 5.92 Å². The van der Waals surface area contributed by atoms with Crippen LogP contribution in [0.2, 0.25) is 0 Å². The molecule has 2 aromatic rings. The zero-order valence-corrected chi connectivity index (χ0v) is 15.9. The third kappa shape index (κ3) is 5.23. The lowest BCUT2D eigenvalue weighted by Gasteiger charge is -2.19. The van der Waals surface area contributed by atoms with Crippen molar-refractivity contribution in [2.24, 2.45) is 5.73 Å². The molecule has 0 heterocycles. The van der Waals surface area contributed by atoms with Crippen LogP contribution < -0.4 is 15.2 Å². The van der Waals surface area contributed by atoms with Crippen LogP contribution in [0.5, 0.6) is 11.5 Å². The molecule has 3 heteroatoms. The van der Waals surface area contributed by atoms with E-state index in [0.717, 1.165) is 17.9 Å². The quantitative estimate of drug-likeness (QED) is 0.706.